The number of likely N-dealkylation sites (tertiary alicyclic amines) is 1. The molecule has 9 rings (SSSR count). The van der Waals surface area contributed by atoms with Gasteiger partial charge in [-0.15, -0.1) is 5.10 Å². The number of carbonyl (C=O) groups is 2. The number of nitriles is 1. The van der Waals surface area contributed by atoms with Crippen LogP contribution >= 0.6 is 11.6 Å². The average molecular weight is 1040 g/mol. The number of nitrogens with one attached hydrogen (secondary N) is 1. The summed E-state index contributed by atoms with van der Waals surface area (Å²) in [5, 5.41) is 54.6. The third-order valence-electron chi connectivity index (χ3n) is 14.0. The van der Waals surface area contributed by atoms with Gasteiger partial charge in [-0.3, -0.25) is 9.59 Å². The molecule has 0 aliphatic carbocycles. The number of aromatic hydroxyl groups is 3. The molecule has 0 bridgehead atoms. The number of halogens is 2. The van der Waals surface area contributed by atoms with Crippen molar-refractivity contribution >= 4 is 45.7 Å². The summed E-state index contributed by atoms with van der Waals surface area (Å²) in [6.45, 7) is 12.7. The Hall–Kier alpha value is -7.95. The third kappa shape index (κ3) is 11.7. The van der Waals surface area contributed by atoms with E-state index in [0.29, 0.717) is 73.5 Å². The van der Waals surface area contributed by atoms with Crippen molar-refractivity contribution in [2.24, 2.45) is 5.92 Å². The van der Waals surface area contributed by atoms with Gasteiger partial charge in [-0.25, -0.2) is 8.96 Å². The zero-order valence-corrected chi connectivity index (χ0v) is 42.6. The molecule has 6 aromatic rings. The van der Waals surface area contributed by atoms with Gasteiger partial charge < -0.3 is 49.7 Å². The molecule has 2 amide bonds. The molecule has 0 radical (unpaired) electrons. The van der Waals surface area contributed by atoms with Crippen molar-refractivity contribution in [1.82, 2.24) is 39.8 Å². The predicted octanol–water partition coefficient (Wildman–Crippen LogP) is 7.69. The van der Waals surface area contributed by atoms with E-state index < -0.39 is 17.8 Å². The van der Waals surface area contributed by atoms with Gasteiger partial charge in [0.15, 0.2) is 11.7 Å². The number of phenols is 2. The highest BCUT2D eigenvalue weighted by Gasteiger charge is 2.35. The van der Waals surface area contributed by atoms with Crippen molar-refractivity contribution in [2.75, 3.05) is 68.8 Å². The molecule has 0 spiro atoms. The van der Waals surface area contributed by atoms with E-state index in [0.717, 1.165) is 65.8 Å². The largest absolute Gasteiger partial charge is 0.508 e. The molecule has 4 N–H and O–H groups in total. The van der Waals surface area contributed by atoms with Crippen molar-refractivity contribution in [3.8, 4) is 46.7 Å². The van der Waals surface area contributed by atoms with E-state index in [4.69, 9.17) is 31.0 Å². The molecule has 18 nitrogen and oxygen atoms in total. The third-order valence-corrected chi connectivity index (χ3v) is 14.3. The van der Waals surface area contributed by atoms with Gasteiger partial charge in [-0.05, 0) is 78.6 Å². The van der Waals surface area contributed by atoms with E-state index in [1.807, 2.05) is 44.2 Å². The minimum atomic E-state index is -1.05. The summed E-state index contributed by atoms with van der Waals surface area (Å²) >= 11 is 6.77. The average Bonchev–Trinajstić information content (AvgIpc) is 4.03. The van der Waals surface area contributed by atoms with E-state index in [-0.39, 0.29) is 66.6 Å². The van der Waals surface area contributed by atoms with Gasteiger partial charge in [0.05, 0.1) is 66.5 Å². The van der Waals surface area contributed by atoms with E-state index in [2.05, 4.69) is 48.9 Å². The van der Waals surface area contributed by atoms with Gasteiger partial charge >= 0.3 is 12.0 Å². The topological polar surface area (TPSA) is 219 Å². The monoisotopic (exact) mass is 1040 g/mol. The molecular formula is C55H59ClFN11O7. The molecule has 0 saturated carbocycles. The van der Waals surface area contributed by atoms with Crippen LogP contribution in [0.25, 0.3) is 27.8 Å². The molecule has 390 valence electrons. The van der Waals surface area contributed by atoms with Crippen LogP contribution in [0.1, 0.15) is 61.4 Å². The number of hydrogen-bond acceptors (Lipinski definition) is 15. The first kappa shape index (κ1) is 51.9. The zero-order valence-electron chi connectivity index (χ0n) is 41.8. The summed E-state index contributed by atoms with van der Waals surface area (Å²) < 4.78 is 27.5. The van der Waals surface area contributed by atoms with Crippen LogP contribution in [0.15, 0.2) is 97.5 Å². The fourth-order valence-corrected chi connectivity index (χ4v) is 10.4. The summed E-state index contributed by atoms with van der Waals surface area (Å²) in [4.78, 5) is 43.4. The van der Waals surface area contributed by atoms with E-state index in [1.165, 1.54) is 27.9 Å². The van der Waals surface area contributed by atoms with E-state index in [1.54, 1.807) is 30.3 Å². The molecule has 5 heterocycles. The highest BCUT2D eigenvalue weighted by Crippen LogP contribution is 2.40. The summed E-state index contributed by atoms with van der Waals surface area (Å²) in [7, 11) is 0. The molecule has 75 heavy (non-hydrogen) atoms. The molecule has 4 aromatic carbocycles. The molecule has 2 aromatic heterocycles. The normalized spacial score (nSPS) is 16.9. The Kier molecular flexibility index (Phi) is 16.0. The van der Waals surface area contributed by atoms with Crippen LogP contribution in [0.5, 0.6) is 23.5 Å². The molecular weight excluding hydrogens is 981 g/mol. The fraction of sp³-hybridized carbons (Fsp3) is 0.364. The van der Waals surface area contributed by atoms with Gasteiger partial charge in [-0.1, -0.05) is 73.5 Å². The van der Waals surface area contributed by atoms with Crippen LogP contribution in [0.2, 0.25) is 5.02 Å². The highest BCUT2D eigenvalue weighted by atomic mass is 35.5. The van der Waals surface area contributed by atoms with Crippen LogP contribution in [0.3, 0.4) is 0 Å². The Morgan fingerprint density at radius 1 is 0.987 bits per heavy atom. The SMILES string of the molecule is C=C(F)C(=O)N1CCN(c2nc(OC[C@@H]3CCN(CCCOC=CC(=O)NCc4ccc(-n5c(O)nnc5-c5cc(C(C)C)c(O)cc5O)cc4)C3)nc3c2CCN(c2cccc4cccc(Cl)c24)C3)C[C@@H]1CC#N. The van der Waals surface area contributed by atoms with E-state index in [9.17, 15) is 34.6 Å². The maximum absolute atomic E-state index is 14.1. The lowest BCUT2D eigenvalue weighted by atomic mass is 9.98. The van der Waals surface area contributed by atoms with Crippen LogP contribution < -0.4 is 19.9 Å². The standard InChI is InChI=1S/C55H59ClFN11O7/c1-34(2)42-27-43(48(70)28-47(42)69)52-62-63-55(73)68(52)39-13-11-36(12-14-39)29-59-49(71)18-26-74-25-6-20-64-21-16-37(30-64)33-75-54-60-45-32-65(46-10-5-8-38-7-4-9-44(56)50(38)46)22-17-41(45)51(61-54)66-23-24-67(53(72)35(3)57)40(31-66)15-19-58/h4-5,7-14,18,26-28,34,37,40,69-70H,3,6,15-17,20-25,29-33H2,1-2H3,(H,59,71)(H,63,73)/t37-,40+/m1/s1. The van der Waals surface area contributed by atoms with Crippen molar-refractivity contribution in [2.45, 2.75) is 64.6 Å². The minimum absolute atomic E-state index is 0.0284. The van der Waals surface area contributed by atoms with Gasteiger partial charge in [0.1, 0.15) is 17.3 Å². The number of nitrogens with zero attached hydrogens (tertiary/aromatic N) is 10. The maximum atomic E-state index is 14.1. The molecule has 20 heteroatoms. The maximum Gasteiger partial charge on any atom is 0.319 e. The lowest BCUT2D eigenvalue weighted by Gasteiger charge is -2.42. The molecule has 2 atom stereocenters. The number of benzene rings is 4. The number of amides is 2. The Labute approximate surface area is 438 Å². The summed E-state index contributed by atoms with van der Waals surface area (Å²) in [5.41, 5.74) is 5.04. The van der Waals surface area contributed by atoms with Gasteiger partial charge in [-0.2, -0.15) is 15.2 Å². The van der Waals surface area contributed by atoms with Gasteiger partial charge in [0.2, 0.25) is 5.91 Å². The summed E-state index contributed by atoms with van der Waals surface area (Å²) in [6.07, 6.45) is 5.08. The molecule has 3 aliphatic rings. The number of piperazine rings is 1. The Morgan fingerprint density at radius 2 is 1.79 bits per heavy atom. The molecule has 2 saturated heterocycles. The first-order valence-electron chi connectivity index (χ1n) is 25.1. The quantitative estimate of drug-likeness (QED) is 0.0369. The number of ether oxygens (including phenoxy) is 2. The predicted molar refractivity (Wildman–Crippen MR) is 281 cm³/mol. The smallest absolute Gasteiger partial charge is 0.319 e. The summed E-state index contributed by atoms with van der Waals surface area (Å²) in [5.74, 6) is -1.33. The number of anilines is 2. The molecule has 2 fully saturated rings. The Bertz CT molecular complexity index is 3160. The van der Waals surface area contributed by atoms with Crippen molar-refractivity contribution in [3.05, 3.63) is 125 Å². The Balaban J connectivity index is 0.760. The van der Waals surface area contributed by atoms with Gasteiger partial charge in [0.25, 0.3) is 5.91 Å². The number of hydrogen-bond donors (Lipinski definition) is 4. The first-order chi connectivity index (χ1) is 36.3. The highest BCUT2D eigenvalue weighted by molar-refractivity contribution is 6.36. The summed E-state index contributed by atoms with van der Waals surface area (Å²) in [6, 6.07) is 23.5. The molecule has 3 aliphatic heterocycles. The zero-order chi connectivity index (χ0) is 52.8. The number of carbonyl (C=O) groups excluding carboxylic acids is 2. The molecule has 0 unspecified atom stereocenters. The second kappa shape index (κ2) is 23.1. The van der Waals surface area contributed by atoms with Crippen molar-refractivity contribution in [1.29, 1.82) is 5.26 Å². The lowest BCUT2D eigenvalue weighted by Crippen LogP contribution is -2.55. The second-order valence-electron chi connectivity index (χ2n) is 19.3. The number of aromatic nitrogens is 5. The number of rotatable bonds is 18. The fourth-order valence-electron chi connectivity index (χ4n) is 10.1. The minimum Gasteiger partial charge on any atom is -0.508 e. The van der Waals surface area contributed by atoms with Crippen LogP contribution in [-0.4, -0.2) is 127 Å². The second-order valence-corrected chi connectivity index (χ2v) is 19.7. The van der Waals surface area contributed by atoms with E-state index >= 15 is 0 Å². The lowest BCUT2D eigenvalue weighted by molar-refractivity contribution is -0.131. The first-order valence-corrected chi connectivity index (χ1v) is 25.4. The van der Waals surface area contributed by atoms with Crippen LogP contribution in [0.4, 0.5) is 15.9 Å². The van der Waals surface area contributed by atoms with Crippen LogP contribution in [0, 0.1) is 17.2 Å². The van der Waals surface area contributed by atoms with Crippen molar-refractivity contribution in [3.63, 3.8) is 0 Å². The van der Waals surface area contributed by atoms with Crippen LogP contribution in [-0.2, 0) is 33.8 Å². The van der Waals surface area contributed by atoms with Crippen molar-refractivity contribution < 1.29 is 38.8 Å². The number of fused-ring (bicyclic) bond motifs is 2. The number of phenolic OH excluding ortho intramolecular Hbond substituents is 2. The van der Waals surface area contributed by atoms with Gasteiger partial charge in [0, 0.05) is 80.5 Å². The Morgan fingerprint density at radius 3 is 2.56 bits per heavy atom.